The number of hydrogen-bond acceptors (Lipinski definition) is 9. The summed E-state index contributed by atoms with van der Waals surface area (Å²) in [7, 11) is -4.63. The van der Waals surface area contributed by atoms with Crippen LogP contribution in [-0.4, -0.2) is 65.7 Å². The summed E-state index contributed by atoms with van der Waals surface area (Å²) in [5.41, 5.74) is 0. The number of esters is 2. The minimum absolute atomic E-state index is 0.144. The van der Waals surface area contributed by atoms with Gasteiger partial charge in [0.05, 0.1) is 19.8 Å². The molecule has 0 spiro atoms. The first-order valence-corrected chi connectivity index (χ1v) is 23.2. The van der Waals surface area contributed by atoms with Gasteiger partial charge in [-0.1, -0.05) is 164 Å². The minimum atomic E-state index is -4.63. The van der Waals surface area contributed by atoms with Gasteiger partial charge in [-0.2, -0.15) is 0 Å². The second-order valence-corrected chi connectivity index (χ2v) is 15.8. The van der Waals surface area contributed by atoms with E-state index >= 15 is 0 Å². The largest absolute Gasteiger partial charge is 0.472 e. The quantitative estimate of drug-likeness (QED) is 0.0236. The Hall–Kier alpha value is -2.33. The molecule has 0 amide bonds. The Balaban J connectivity index is 4.37. The predicted octanol–water partition coefficient (Wildman–Crippen LogP) is 11.5. The molecule has 0 bridgehead atoms. The van der Waals surface area contributed by atoms with Crippen molar-refractivity contribution in [2.24, 2.45) is 0 Å². The number of aliphatic hydroxyl groups is 2. The third-order valence-electron chi connectivity index (χ3n) is 8.94. The molecule has 0 aromatic heterocycles. The van der Waals surface area contributed by atoms with Crippen LogP contribution in [-0.2, 0) is 32.7 Å². The maximum absolute atomic E-state index is 12.6. The number of carbonyl (C=O) groups excluding carboxylic acids is 2. The first-order chi connectivity index (χ1) is 27.2. The van der Waals surface area contributed by atoms with Crippen LogP contribution >= 0.6 is 7.82 Å². The van der Waals surface area contributed by atoms with E-state index in [1.165, 1.54) is 64.2 Å². The Bertz CT molecular complexity index is 1120. The van der Waals surface area contributed by atoms with Gasteiger partial charge < -0.3 is 24.6 Å². The summed E-state index contributed by atoms with van der Waals surface area (Å²) in [6.45, 7) is 2.22. The van der Waals surface area contributed by atoms with Crippen LogP contribution in [0.4, 0.5) is 0 Å². The van der Waals surface area contributed by atoms with Crippen molar-refractivity contribution < 1.29 is 47.8 Å². The maximum atomic E-state index is 12.6. The topological polar surface area (TPSA) is 149 Å². The van der Waals surface area contributed by atoms with Crippen LogP contribution in [0.5, 0.6) is 0 Å². The molecular formula is C45H79O10P. The summed E-state index contributed by atoms with van der Waals surface area (Å²) in [6.07, 6.45) is 44.7. The van der Waals surface area contributed by atoms with Gasteiger partial charge in [0, 0.05) is 12.8 Å². The molecule has 56 heavy (non-hydrogen) atoms. The van der Waals surface area contributed by atoms with Crippen molar-refractivity contribution in [3.8, 4) is 0 Å². The zero-order valence-electron chi connectivity index (χ0n) is 35.1. The smallest absolute Gasteiger partial charge is 0.462 e. The molecule has 0 heterocycles. The molecule has 0 aromatic carbocycles. The summed E-state index contributed by atoms with van der Waals surface area (Å²) < 4.78 is 32.7. The van der Waals surface area contributed by atoms with E-state index in [1.54, 1.807) is 0 Å². The van der Waals surface area contributed by atoms with E-state index in [1.807, 2.05) is 0 Å². The fraction of sp³-hybridized carbons (Fsp3) is 0.733. The van der Waals surface area contributed by atoms with Crippen LogP contribution in [0.1, 0.15) is 174 Å². The zero-order chi connectivity index (χ0) is 41.2. The fourth-order valence-corrected chi connectivity index (χ4v) is 6.40. The zero-order valence-corrected chi connectivity index (χ0v) is 36.0. The van der Waals surface area contributed by atoms with Gasteiger partial charge in [0.15, 0.2) is 6.10 Å². The van der Waals surface area contributed by atoms with Gasteiger partial charge >= 0.3 is 19.8 Å². The van der Waals surface area contributed by atoms with Crippen molar-refractivity contribution in [1.82, 2.24) is 0 Å². The highest BCUT2D eigenvalue weighted by Crippen LogP contribution is 2.43. The Kier molecular flexibility index (Phi) is 39.2. The van der Waals surface area contributed by atoms with Crippen LogP contribution < -0.4 is 0 Å². The van der Waals surface area contributed by atoms with E-state index in [-0.39, 0.29) is 19.4 Å². The van der Waals surface area contributed by atoms with Gasteiger partial charge in [-0.05, 0) is 57.8 Å². The van der Waals surface area contributed by atoms with Gasteiger partial charge in [-0.3, -0.25) is 18.6 Å². The van der Waals surface area contributed by atoms with E-state index in [4.69, 9.17) is 19.1 Å². The fourth-order valence-electron chi connectivity index (χ4n) is 5.61. The van der Waals surface area contributed by atoms with Crippen LogP contribution in [0.2, 0.25) is 0 Å². The summed E-state index contributed by atoms with van der Waals surface area (Å²) in [4.78, 5) is 35.0. The molecule has 0 aliphatic rings. The number of hydrogen-bond donors (Lipinski definition) is 3. The molecule has 11 heteroatoms. The Morgan fingerprint density at radius 2 is 0.982 bits per heavy atom. The number of unbranched alkanes of at least 4 members (excludes halogenated alkanes) is 16. The normalized spacial score (nSPS) is 14.4. The molecule has 0 rings (SSSR count). The highest BCUT2D eigenvalue weighted by molar-refractivity contribution is 7.47. The van der Waals surface area contributed by atoms with Crippen molar-refractivity contribution in [2.45, 2.75) is 187 Å². The molecule has 0 aromatic rings. The Labute approximate surface area is 340 Å². The second kappa shape index (κ2) is 40.9. The van der Waals surface area contributed by atoms with Crippen LogP contribution in [0.25, 0.3) is 0 Å². The van der Waals surface area contributed by atoms with Gasteiger partial charge in [-0.15, -0.1) is 0 Å². The monoisotopic (exact) mass is 811 g/mol. The number of phosphoric ester groups is 1. The lowest BCUT2D eigenvalue weighted by Crippen LogP contribution is -2.29. The van der Waals surface area contributed by atoms with Crippen molar-refractivity contribution in [3.05, 3.63) is 60.8 Å². The third-order valence-corrected chi connectivity index (χ3v) is 9.89. The molecule has 0 aliphatic carbocycles. The van der Waals surface area contributed by atoms with Crippen LogP contribution in [0, 0.1) is 0 Å². The van der Waals surface area contributed by atoms with Crippen molar-refractivity contribution in [1.29, 1.82) is 0 Å². The van der Waals surface area contributed by atoms with Crippen LogP contribution in [0.3, 0.4) is 0 Å². The molecule has 0 radical (unpaired) electrons. The first kappa shape index (κ1) is 53.7. The van der Waals surface area contributed by atoms with Crippen LogP contribution in [0.15, 0.2) is 60.8 Å². The van der Waals surface area contributed by atoms with Crippen molar-refractivity contribution >= 4 is 19.8 Å². The lowest BCUT2D eigenvalue weighted by atomic mass is 10.0. The van der Waals surface area contributed by atoms with Gasteiger partial charge in [0.2, 0.25) is 0 Å². The molecule has 0 saturated carbocycles. The highest BCUT2D eigenvalue weighted by Gasteiger charge is 2.27. The highest BCUT2D eigenvalue weighted by atomic mass is 31.2. The lowest BCUT2D eigenvalue weighted by Gasteiger charge is -2.20. The summed E-state index contributed by atoms with van der Waals surface area (Å²) >= 11 is 0. The number of carbonyl (C=O) groups is 2. The Morgan fingerprint density at radius 3 is 1.48 bits per heavy atom. The lowest BCUT2D eigenvalue weighted by molar-refractivity contribution is -0.161. The molecule has 0 saturated heterocycles. The number of aliphatic hydroxyl groups excluding tert-OH is 2. The van der Waals surface area contributed by atoms with E-state index in [9.17, 15) is 24.2 Å². The summed E-state index contributed by atoms with van der Waals surface area (Å²) in [5.74, 6) is -0.963. The number of ether oxygens (including phenoxy) is 2. The molecule has 1 unspecified atom stereocenters. The van der Waals surface area contributed by atoms with Gasteiger partial charge in [0.25, 0.3) is 0 Å². The summed E-state index contributed by atoms with van der Waals surface area (Å²) in [6, 6.07) is 0. The molecule has 0 aliphatic heterocycles. The third kappa shape index (κ3) is 39.9. The Morgan fingerprint density at radius 1 is 0.554 bits per heavy atom. The summed E-state index contributed by atoms with van der Waals surface area (Å²) in [5, 5.41) is 18.3. The number of phosphoric acid groups is 1. The molecule has 0 fully saturated rings. The number of rotatable bonds is 40. The van der Waals surface area contributed by atoms with Crippen molar-refractivity contribution in [2.75, 3.05) is 26.4 Å². The molecule has 324 valence electrons. The van der Waals surface area contributed by atoms with E-state index in [2.05, 4.69) is 79.1 Å². The minimum Gasteiger partial charge on any atom is -0.462 e. The average molecular weight is 811 g/mol. The maximum Gasteiger partial charge on any atom is 0.472 e. The van der Waals surface area contributed by atoms with Gasteiger partial charge in [-0.25, -0.2) is 4.57 Å². The van der Waals surface area contributed by atoms with E-state index in [0.717, 1.165) is 70.6 Å². The van der Waals surface area contributed by atoms with E-state index in [0.29, 0.717) is 12.8 Å². The molecule has 3 N–H and O–H groups in total. The second-order valence-electron chi connectivity index (χ2n) is 14.3. The van der Waals surface area contributed by atoms with E-state index < -0.39 is 51.8 Å². The standard InChI is InChI=1S/C45H79O10P/c1-3-5-7-9-11-13-15-17-19-20-21-22-23-25-27-29-31-33-35-37-45(49)55-43(41-54-56(50,51)53-39-42(47)38-46)40-52-44(48)36-34-32-30-28-26-24-18-16-14-12-10-8-6-4-2/h5,7,11,13,17,19,21-22,25,27,42-43,46-47H,3-4,6,8-10,12,14-16,18,20,23-24,26,28-41H2,1-2H3,(H,50,51)/b7-5+,13-11+,19-17+,22-21+,27-25+/t42-,43+/m0/s1. The SMILES string of the molecule is CC/C=C/C/C=C/C/C=C/C/C=C/C/C=C/CCCCCC(=O)O[C@H](COC(=O)CCCCCCCCCCCCCCCC)COP(=O)(O)OC[C@@H](O)CO. The predicted molar refractivity (Wildman–Crippen MR) is 228 cm³/mol. The number of allylic oxidation sites excluding steroid dienone is 10. The molecule has 3 atom stereocenters. The molecular weight excluding hydrogens is 731 g/mol. The first-order valence-electron chi connectivity index (χ1n) is 21.7. The molecule has 10 nitrogen and oxygen atoms in total. The van der Waals surface area contributed by atoms with Crippen molar-refractivity contribution in [3.63, 3.8) is 0 Å². The van der Waals surface area contributed by atoms with Gasteiger partial charge in [0.1, 0.15) is 12.7 Å². The average Bonchev–Trinajstić information content (AvgIpc) is 3.19.